The quantitative estimate of drug-likeness (QED) is 0.626. The molecule has 3 nitrogen and oxygen atoms in total. The summed E-state index contributed by atoms with van der Waals surface area (Å²) in [6.45, 7) is 8.70. The summed E-state index contributed by atoms with van der Waals surface area (Å²) in [5.41, 5.74) is 0. The monoisotopic (exact) mass is 239 g/mol. The summed E-state index contributed by atoms with van der Waals surface area (Å²) in [5, 5.41) is 8.06. The molecule has 1 fully saturated rings. The van der Waals surface area contributed by atoms with Crippen LogP contribution < -0.4 is 0 Å². The molecular formula is C14H29N3. The zero-order chi connectivity index (χ0) is 12.5. The van der Waals surface area contributed by atoms with Crippen molar-refractivity contribution in [2.24, 2.45) is 0 Å². The molecule has 1 aliphatic rings. The van der Waals surface area contributed by atoms with Crippen molar-refractivity contribution >= 4 is 5.96 Å². The van der Waals surface area contributed by atoms with Gasteiger partial charge < -0.3 is 9.80 Å². The van der Waals surface area contributed by atoms with Gasteiger partial charge in [0, 0.05) is 26.2 Å². The standard InChI is InChI=1S/C14H29N3/c1-3-5-6-7-8-9-11-17-13-12-16(10-4-2)14(17)15/h15H,3-13H2,1-2H3. The molecule has 0 aromatic heterocycles. The van der Waals surface area contributed by atoms with Gasteiger partial charge in [0.25, 0.3) is 0 Å². The molecule has 1 rings (SSSR count). The predicted molar refractivity (Wildman–Crippen MR) is 74.5 cm³/mol. The fourth-order valence-electron chi connectivity index (χ4n) is 2.44. The van der Waals surface area contributed by atoms with Gasteiger partial charge in [0.15, 0.2) is 5.96 Å². The second kappa shape index (κ2) is 8.37. The maximum atomic E-state index is 8.06. The lowest BCUT2D eigenvalue weighted by atomic mass is 10.1. The van der Waals surface area contributed by atoms with Crippen LogP contribution in [-0.4, -0.2) is 41.9 Å². The molecule has 100 valence electrons. The number of nitrogens with one attached hydrogen (secondary N) is 1. The van der Waals surface area contributed by atoms with Crippen LogP contribution in [0.3, 0.4) is 0 Å². The zero-order valence-corrected chi connectivity index (χ0v) is 11.7. The Morgan fingerprint density at radius 2 is 1.41 bits per heavy atom. The smallest absolute Gasteiger partial charge is 0.193 e. The van der Waals surface area contributed by atoms with Crippen LogP contribution in [0, 0.1) is 5.41 Å². The second-order valence-corrected chi connectivity index (χ2v) is 5.07. The van der Waals surface area contributed by atoms with Gasteiger partial charge in [0.1, 0.15) is 0 Å². The van der Waals surface area contributed by atoms with Crippen LogP contribution >= 0.6 is 0 Å². The molecule has 3 heteroatoms. The van der Waals surface area contributed by atoms with Gasteiger partial charge in [-0.1, -0.05) is 46.0 Å². The summed E-state index contributed by atoms with van der Waals surface area (Å²) in [6.07, 6.45) is 9.19. The van der Waals surface area contributed by atoms with Gasteiger partial charge in [0.2, 0.25) is 0 Å². The van der Waals surface area contributed by atoms with Crippen LogP contribution in [0.4, 0.5) is 0 Å². The average molecular weight is 239 g/mol. The number of hydrogen-bond acceptors (Lipinski definition) is 1. The van der Waals surface area contributed by atoms with E-state index in [9.17, 15) is 0 Å². The Kier molecular flexibility index (Phi) is 7.06. The third-order valence-electron chi connectivity index (χ3n) is 3.51. The van der Waals surface area contributed by atoms with Crippen LogP contribution in [0.2, 0.25) is 0 Å². The van der Waals surface area contributed by atoms with Crippen LogP contribution in [0.5, 0.6) is 0 Å². The van der Waals surface area contributed by atoms with Crippen LogP contribution in [0.25, 0.3) is 0 Å². The summed E-state index contributed by atoms with van der Waals surface area (Å²) >= 11 is 0. The van der Waals surface area contributed by atoms with Gasteiger partial charge >= 0.3 is 0 Å². The Bertz CT molecular complexity index is 216. The van der Waals surface area contributed by atoms with E-state index < -0.39 is 0 Å². The normalized spacial score (nSPS) is 16.0. The van der Waals surface area contributed by atoms with Gasteiger partial charge in [0.05, 0.1) is 0 Å². The third kappa shape index (κ3) is 4.97. The van der Waals surface area contributed by atoms with Crippen molar-refractivity contribution in [3.63, 3.8) is 0 Å². The molecule has 0 aliphatic carbocycles. The lowest BCUT2D eigenvalue weighted by Gasteiger charge is -2.21. The Balaban J connectivity index is 2.06. The van der Waals surface area contributed by atoms with Crippen molar-refractivity contribution in [3.8, 4) is 0 Å². The fraction of sp³-hybridized carbons (Fsp3) is 0.929. The topological polar surface area (TPSA) is 30.3 Å². The summed E-state index contributed by atoms with van der Waals surface area (Å²) in [6, 6.07) is 0. The molecule has 0 amide bonds. The van der Waals surface area contributed by atoms with E-state index in [0.29, 0.717) is 0 Å². The van der Waals surface area contributed by atoms with E-state index in [0.717, 1.165) is 38.6 Å². The number of rotatable bonds is 9. The maximum Gasteiger partial charge on any atom is 0.193 e. The number of unbranched alkanes of at least 4 members (excludes halogenated alkanes) is 5. The first-order valence-electron chi connectivity index (χ1n) is 7.38. The molecule has 1 N–H and O–H groups in total. The van der Waals surface area contributed by atoms with E-state index in [-0.39, 0.29) is 0 Å². The van der Waals surface area contributed by atoms with Crippen LogP contribution in [-0.2, 0) is 0 Å². The first-order chi connectivity index (χ1) is 8.29. The van der Waals surface area contributed by atoms with Gasteiger partial charge in [-0.05, 0) is 12.8 Å². The lowest BCUT2D eigenvalue weighted by molar-refractivity contribution is 0.432. The molecule has 1 heterocycles. The Morgan fingerprint density at radius 3 is 2.06 bits per heavy atom. The minimum absolute atomic E-state index is 0.764. The Hall–Kier alpha value is -0.730. The summed E-state index contributed by atoms with van der Waals surface area (Å²) in [5.74, 6) is 0.764. The number of hydrogen-bond donors (Lipinski definition) is 1. The highest BCUT2D eigenvalue weighted by atomic mass is 15.4. The van der Waals surface area contributed by atoms with E-state index in [2.05, 4.69) is 23.6 Å². The van der Waals surface area contributed by atoms with Crippen molar-refractivity contribution < 1.29 is 0 Å². The van der Waals surface area contributed by atoms with Crippen LogP contribution in [0.1, 0.15) is 58.8 Å². The van der Waals surface area contributed by atoms with Crippen molar-refractivity contribution in [2.75, 3.05) is 26.2 Å². The molecule has 0 saturated carbocycles. The molecule has 0 spiro atoms. The Morgan fingerprint density at radius 1 is 0.824 bits per heavy atom. The van der Waals surface area contributed by atoms with E-state index in [1.807, 2.05) is 0 Å². The summed E-state index contributed by atoms with van der Waals surface area (Å²) in [4.78, 5) is 4.45. The molecular weight excluding hydrogens is 210 g/mol. The largest absolute Gasteiger partial charge is 0.341 e. The maximum absolute atomic E-state index is 8.06. The van der Waals surface area contributed by atoms with E-state index in [1.165, 1.54) is 38.5 Å². The molecule has 0 bridgehead atoms. The molecule has 0 unspecified atom stereocenters. The number of nitrogens with zero attached hydrogens (tertiary/aromatic N) is 2. The van der Waals surface area contributed by atoms with Crippen molar-refractivity contribution in [1.29, 1.82) is 5.41 Å². The average Bonchev–Trinajstić information content (AvgIpc) is 2.67. The van der Waals surface area contributed by atoms with Crippen molar-refractivity contribution in [2.45, 2.75) is 58.8 Å². The SMILES string of the molecule is CCCCCCCCN1CCN(CCC)C1=N. The van der Waals surface area contributed by atoms with E-state index in [4.69, 9.17) is 5.41 Å². The molecule has 1 saturated heterocycles. The van der Waals surface area contributed by atoms with Crippen molar-refractivity contribution in [3.05, 3.63) is 0 Å². The van der Waals surface area contributed by atoms with E-state index in [1.54, 1.807) is 0 Å². The highest BCUT2D eigenvalue weighted by molar-refractivity contribution is 5.78. The number of guanidine groups is 1. The highest BCUT2D eigenvalue weighted by Crippen LogP contribution is 2.11. The molecule has 0 radical (unpaired) electrons. The van der Waals surface area contributed by atoms with Crippen LogP contribution in [0.15, 0.2) is 0 Å². The molecule has 0 aromatic carbocycles. The summed E-state index contributed by atoms with van der Waals surface area (Å²) in [7, 11) is 0. The van der Waals surface area contributed by atoms with Gasteiger partial charge in [-0.25, -0.2) is 0 Å². The first kappa shape index (κ1) is 14.3. The molecule has 0 aromatic rings. The Labute approximate surface area is 107 Å². The zero-order valence-electron chi connectivity index (χ0n) is 11.7. The second-order valence-electron chi connectivity index (χ2n) is 5.07. The van der Waals surface area contributed by atoms with Gasteiger partial charge in [-0.15, -0.1) is 0 Å². The lowest BCUT2D eigenvalue weighted by Crippen LogP contribution is -2.33. The van der Waals surface area contributed by atoms with Crippen molar-refractivity contribution in [1.82, 2.24) is 9.80 Å². The molecule has 0 atom stereocenters. The molecule has 17 heavy (non-hydrogen) atoms. The predicted octanol–water partition coefficient (Wildman–Crippen LogP) is 3.31. The fourth-order valence-corrected chi connectivity index (χ4v) is 2.44. The highest BCUT2D eigenvalue weighted by Gasteiger charge is 2.23. The molecule has 1 aliphatic heterocycles. The van der Waals surface area contributed by atoms with Gasteiger partial charge in [-0.2, -0.15) is 0 Å². The minimum atomic E-state index is 0.764. The summed E-state index contributed by atoms with van der Waals surface area (Å²) < 4.78 is 0. The van der Waals surface area contributed by atoms with E-state index >= 15 is 0 Å². The van der Waals surface area contributed by atoms with Gasteiger partial charge in [-0.3, -0.25) is 5.41 Å². The minimum Gasteiger partial charge on any atom is -0.341 e. The third-order valence-corrected chi connectivity index (χ3v) is 3.51. The first-order valence-corrected chi connectivity index (χ1v) is 7.38.